The molecule has 1 heteroatoms. The van der Waals surface area contributed by atoms with Crippen LogP contribution in [0.1, 0.15) is 37.7 Å². The second-order valence-electron chi connectivity index (χ2n) is 2.76. The summed E-state index contributed by atoms with van der Waals surface area (Å²) in [5.74, 6) is 2.68. The van der Waals surface area contributed by atoms with Gasteiger partial charge in [-0.2, -0.15) is 0 Å². The zero-order valence-corrected chi connectivity index (χ0v) is 6.85. The zero-order valence-electron chi connectivity index (χ0n) is 6.85. The molecular formula is C9H14O. The molecule has 1 aromatic rings. The summed E-state index contributed by atoms with van der Waals surface area (Å²) in [7, 11) is 0. The van der Waals surface area contributed by atoms with Crippen LogP contribution in [-0.4, -0.2) is 0 Å². The molecule has 1 heterocycles. The average molecular weight is 138 g/mol. The minimum absolute atomic E-state index is 0.564. The van der Waals surface area contributed by atoms with Gasteiger partial charge in [-0.15, -0.1) is 0 Å². The second-order valence-corrected chi connectivity index (χ2v) is 2.76. The SMILES string of the molecule is CC[C@H](C)c1ccc(C)o1. The lowest BCUT2D eigenvalue weighted by molar-refractivity contribution is 0.449. The number of rotatable bonds is 2. The largest absolute Gasteiger partial charge is 0.466 e. The standard InChI is InChI=1S/C9H14O/c1-4-7(2)9-6-5-8(3)10-9/h5-7H,4H2,1-3H3/t7-/m0/s1. The summed E-state index contributed by atoms with van der Waals surface area (Å²) >= 11 is 0. The predicted octanol–water partition coefficient (Wildman–Crippen LogP) is 3.10. The van der Waals surface area contributed by atoms with Crippen LogP contribution in [0.4, 0.5) is 0 Å². The highest BCUT2D eigenvalue weighted by atomic mass is 16.3. The molecule has 0 spiro atoms. The number of hydrogen-bond acceptors (Lipinski definition) is 1. The lowest BCUT2D eigenvalue weighted by atomic mass is 10.1. The molecule has 56 valence electrons. The van der Waals surface area contributed by atoms with Crippen LogP contribution in [0, 0.1) is 6.92 Å². The maximum absolute atomic E-state index is 5.44. The Labute approximate surface area is 62.1 Å². The van der Waals surface area contributed by atoms with Gasteiger partial charge in [0.05, 0.1) is 0 Å². The molecule has 0 saturated carbocycles. The van der Waals surface area contributed by atoms with E-state index in [-0.39, 0.29) is 0 Å². The van der Waals surface area contributed by atoms with Crippen LogP contribution in [0.25, 0.3) is 0 Å². The Kier molecular flexibility index (Phi) is 2.15. The van der Waals surface area contributed by atoms with Crippen LogP contribution in [0.3, 0.4) is 0 Å². The molecule has 10 heavy (non-hydrogen) atoms. The Hall–Kier alpha value is -0.720. The molecule has 0 bridgehead atoms. The quantitative estimate of drug-likeness (QED) is 0.612. The fraction of sp³-hybridized carbons (Fsp3) is 0.556. The normalized spacial score (nSPS) is 13.5. The van der Waals surface area contributed by atoms with Gasteiger partial charge in [-0.25, -0.2) is 0 Å². The second kappa shape index (κ2) is 2.91. The summed E-state index contributed by atoms with van der Waals surface area (Å²) in [5, 5.41) is 0. The predicted molar refractivity (Wildman–Crippen MR) is 42.2 cm³/mol. The third-order valence-corrected chi connectivity index (χ3v) is 1.86. The molecule has 1 atom stereocenters. The topological polar surface area (TPSA) is 13.1 Å². The maximum Gasteiger partial charge on any atom is 0.106 e. The van der Waals surface area contributed by atoms with Gasteiger partial charge in [-0.1, -0.05) is 13.8 Å². The summed E-state index contributed by atoms with van der Waals surface area (Å²) in [6.45, 7) is 6.33. The molecule has 1 nitrogen and oxygen atoms in total. The van der Waals surface area contributed by atoms with Crippen LogP contribution in [0.15, 0.2) is 16.5 Å². The van der Waals surface area contributed by atoms with E-state index in [9.17, 15) is 0 Å². The highest BCUT2D eigenvalue weighted by molar-refractivity contribution is 5.08. The Bertz CT molecular complexity index is 200. The summed E-state index contributed by atoms with van der Waals surface area (Å²) < 4.78 is 5.44. The number of furan rings is 1. The van der Waals surface area contributed by atoms with Crippen LogP contribution in [0.2, 0.25) is 0 Å². The Morgan fingerprint density at radius 3 is 2.60 bits per heavy atom. The highest BCUT2D eigenvalue weighted by Crippen LogP contribution is 2.20. The van der Waals surface area contributed by atoms with E-state index < -0.39 is 0 Å². The van der Waals surface area contributed by atoms with E-state index in [1.165, 1.54) is 0 Å². The van der Waals surface area contributed by atoms with Crippen molar-refractivity contribution in [3.8, 4) is 0 Å². The monoisotopic (exact) mass is 138 g/mol. The Morgan fingerprint density at radius 2 is 2.20 bits per heavy atom. The third kappa shape index (κ3) is 1.41. The molecule has 0 saturated heterocycles. The van der Waals surface area contributed by atoms with Crippen molar-refractivity contribution in [2.24, 2.45) is 0 Å². The van der Waals surface area contributed by atoms with Gasteiger partial charge < -0.3 is 4.42 Å². The van der Waals surface area contributed by atoms with Gasteiger partial charge in [0.25, 0.3) is 0 Å². The number of hydrogen-bond donors (Lipinski definition) is 0. The fourth-order valence-electron chi connectivity index (χ4n) is 0.919. The van der Waals surface area contributed by atoms with Crippen molar-refractivity contribution >= 4 is 0 Å². The molecule has 0 aromatic carbocycles. The summed E-state index contributed by atoms with van der Waals surface area (Å²) in [6.07, 6.45) is 1.15. The van der Waals surface area contributed by atoms with Crippen LogP contribution < -0.4 is 0 Å². The van der Waals surface area contributed by atoms with Crippen molar-refractivity contribution in [1.29, 1.82) is 0 Å². The molecule has 1 rings (SSSR count). The van der Waals surface area contributed by atoms with E-state index in [1.807, 2.05) is 13.0 Å². The minimum Gasteiger partial charge on any atom is -0.466 e. The van der Waals surface area contributed by atoms with Crippen LogP contribution in [0.5, 0.6) is 0 Å². The van der Waals surface area contributed by atoms with Gasteiger partial charge in [-0.05, 0) is 25.5 Å². The van der Waals surface area contributed by atoms with E-state index in [0.29, 0.717) is 5.92 Å². The smallest absolute Gasteiger partial charge is 0.106 e. The van der Waals surface area contributed by atoms with Gasteiger partial charge >= 0.3 is 0 Å². The fourth-order valence-corrected chi connectivity index (χ4v) is 0.919. The van der Waals surface area contributed by atoms with Crippen molar-refractivity contribution in [1.82, 2.24) is 0 Å². The van der Waals surface area contributed by atoms with E-state index in [0.717, 1.165) is 17.9 Å². The molecule has 0 radical (unpaired) electrons. The Balaban J connectivity index is 2.74. The lowest BCUT2D eigenvalue weighted by Gasteiger charge is -2.01. The van der Waals surface area contributed by atoms with Gasteiger partial charge in [0.15, 0.2) is 0 Å². The zero-order chi connectivity index (χ0) is 7.56. The summed E-state index contributed by atoms with van der Waals surface area (Å²) in [5.41, 5.74) is 0. The first-order chi connectivity index (χ1) is 4.74. The molecule has 1 aromatic heterocycles. The van der Waals surface area contributed by atoms with Crippen molar-refractivity contribution < 1.29 is 4.42 Å². The van der Waals surface area contributed by atoms with Gasteiger partial charge in [0.1, 0.15) is 11.5 Å². The van der Waals surface area contributed by atoms with Crippen molar-refractivity contribution in [3.63, 3.8) is 0 Å². The summed E-state index contributed by atoms with van der Waals surface area (Å²) in [4.78, 5) is 0. The van der Waals surface area contributed by atoms with Crippen molar-refractivity contribution in [2.45, 2.75) is 33.1 Å². The lowest BCUT2D eigenvalue weighted by Crippen LogP contribution is -1.86. The first-order valence-corrected chi connectivity index (χ1v) is 3.80. The Morgan fingerprint density at radius 1 is 1.50 bits per heavy atom. The van der Waals surface area contributed by atoms with Crippen LogP contribution in [-0.2, 0) is 0 Å². The molecule has 0 aliphatic rings. The average Bonchev–Trinajstić information content (AvgIpc) is 2.34. The molecule has 0 unspecified atom stereocenters. The van der Waals surface area contributed by atoms with E-state index in [2.05, 4.69) is 19.9 Å². The van der Waals surface area contributed by atoms with Gasteiger partial charge in [0.2, 0.25) is 0 Å². The van der Waals surface area contributed by atoms with Gasteiger partial charge in [-0.3, -0.25) is 0 Å². The van der Waals surface area contributed by atoms with Crippen molar-refractivity contribution in [2.75, 3.05) is 0 Å². The highest BCUT2D eigenvalue weighted by Gasteiger charge is 2.05. The first-order valence-electron chi connectivity index (χ1n) is 3.80. The number of aryl methyl sites for hydroxylation is 1. The van der Waals surface area contributed by atoms with E-state index in [1.54, 1.807) is 0 Å². The van der Waals surface area contributed by atoms with Crippen molar-refractivity contribution in [3.05, 3.63) is 23.7 Å². The molecule has 0 N–H and O–H groups in total. The third-order valence-electron chi connectivity index (χ3n) is 1.86. The first kappa shape index (κ1) is 7.39. The minimum atomic E-state index is 0.564. The maximum atomic E-state index is 5.44. The van der Waals surface area contributed by atoms with Crippen LogP contribution >= 0.6 is 0 Å². The molecule has 0 fully saturated rings. The van der Waals surface area contributed by atoms with E-state index >= 15 is 0 Å². The summed E-state index contributed by atoms with van der Waals surface area (Å²) in [6, 6.07) is 4.07. The molecule has 0 aliphatic heterocycles. The molecular weight excluding hydrogens is 124 g/mol. The van der Waals surface area contributed by atoms with E-state index in [4.69, 9.17) is 4.42 Å². The van der Waals surface area contributed by atoms with Gasteiger partial charge in [0, 0.05) is 5.92 Å². The molecule has 0 aliphatic carbocycles. The molecule has 0 amide bonds.